The Morgan fingerprint density at radius 1 is 1.00 bits per heavy atom. The SMILES string of the molecule is COc1cccc2c1oc(=O)c1c(C)nc3[nH]n(-c4ccccc4)c(=O)c3c12. The summed E-state index contributed by atoms with van der Waals surface area (Å²) in [5.41, 5.74) is 1.05. The summed E-state index contributed by atoms with van der Waals surface area (Å²) < 4.78 is 12.3. The fourth-order valence-corrected chi connectivity index (χ4v) is 3.66. The van der Waals surface area contributed by atoms with E-state index in [1.165, 1.54) is 11.8 Å². The molecule has 7 heteroatoms. The van der Waals surface area contributed by atoms with Gasteiger partial charge in [-0.3, -0.25) is 9.89 Å². The summed E-state index contributed by atoms with van der Waals surface area (Å²) in [6.07, 6.45) is 0. The number of nitrogens with zero attached hydrogens (tertiary/aromatic N) is 2. The molecule has 0 spiro atoms. The molecule has 0 amide bonds. The van der Waals surface area contributed by atoms with Gasteiger partial charge in [-0.15, -0.1) is 0 Å². The van der Waals surface area contributed by atoms with E-state index in [4.69, 9.17) is 9.15 Å². The number of methoxy groups -OCH3 is 1. The Morgan fingerprint density at radius 3 is 2.54 bits per heavy atom. The average molecular weight is 373 g/mol. The number of nitrogens with one attached hydrogen (secondary N) is 1. The van der Waals surface area contributed by atoms with Crippen molar-refractivity contribution in [2.24, 2.45) is 0 Å². The van der Waals surface area contributed by atoms with Crippen LogP contribution in [0.25, 0.3) is 38.5 Å². The number of ether oxygens (including phenoxy) is 1. The van der Waals surface area contributed by atoms with Crippen molar-refractivity contribution in [1.82, 2.24) is 14.8 Å². The highest BCUT2D eigenvalue weighted by molar-refractivity contribution is 6.18. The minimum Gasteiger partial charge on any atom is -0.493 e. The highest BCUT2D eigenvalue weighted by Crippen LogP contribution is 2.33. The third-order valence-corrected chi connectivity index (χ3v) is 4.89. The van der Waals surface area contributed by atoms with E-state index in [9.17, 15) is 9.59 Å². The zero-order valence-electron chi connectivity index (χ0n) is 15.1. The predicted molar refractivity (Wildman–Crippen MR) is 107 cm³/mol. The van der Waals surface area contributed by atoms with Gasteiger partial charge < -0.3 is 9.15 Å². The largest absolute Gasteiger partial charge is 0.493 e. The molecular weight excluding hydrogens is 358 g/mol. The van der Waals surface area contributed by atoms with Crippen LogP contribution in [-0.4, -0.2) is 21.9 Å². The molecule has 0 aliphatic rings. The first-order valence-electron chi connectivity index (χ1n) is 8.70. The van der Waals surface area contributed by atoms with Gasteiger partial charge in [-0.1, -0.05) is 30.3 Å². The minimum absolute atomic E-state index is 0.284. The van der Waals surface area contributed by atoms with E-state index < -0.39 is 5.63 Å². The van der Waals surface area contributed by atoms with Gasteiger partial charge in [0.15, 0.2) is 17.0 Å². The number of para-hydroxylation sites is 2. The van der Waals surface area contributed by atoms with Crippen molar-refractivity contribution < 1.29 is 9.15 Å². The van der Waals surface area contributed by atoms with Crippen LogP contribution < -0.4 is 15.9 Å². The first kappa shape index (κ1) is 16.3. The summed E-state index contributed by atoms with van der Waals surface area (Å²) in [6, 6.07) is 14.5. The Kier molecular flexibility index (Phi) is 3.39. The smallest absolute Gasteiger partial charge is 0.346 e. The normalized spacial score (nSPS) is 11.5. The van der Waals surface area contributed by atoms with Crippen molar-refractivity contribution >= 4 is 32.8 Å². The number of H-pyrrole nitrogens is 1. The lowest BCUT2D eigenvalue weighted by molar-refractivity contribution is 0.407. The molecule has 5 rings (SSSR count). The van der Waals surface area contributed by atoms with Crippen LogP contribution in [0.2, 0.25) is 0 Å². The van der Waals surface area contributed by atoms with Crippen LogP contribution in [0.1, 0.15) is 5.69 Å². The van der Waals surface area contributed by atoms with E-state index in [1.54, 1.807) is 25.1 Å². The number of benzene rings is 2. The van der Waals surface area contributed by atoms with Crippen molar-refractivity contribution in [3.05, 3.63) is 75.0 Å². The summed E-state index contributed by atoms with van der Waals surface area (Å²) in [5, 5.41) is 4.84. The van der Waals surface area contributed by atoms with Gasteiger partial charge in [0.05, 0.1) is 29.3 Å². The summed E-state index contributed by atoms with van der Waals surface area (Å²) in [7, 11) is 1.50. The first-order chi connectivity index (χ1) is 13.6. The lowest BCUT2D eigenvalue weighted by atomic mass is 10.0. The number of aromatic amines is 1. The highest BCUT2D eigenvalue weighted by atomic mass is 16.5. The van der Waals surface area contributed by atoms with Gasteiger partial charge in [0.1, 0.15) is 0 Å². The maximum absolute atomic E-state index is 13.3. The molecule has 2 aromatic carbocycles. The quantitative estimate of drug-likeness (QED) is 0.379. The molecule has 0 radical (unpaired) electrons. The average Bonchev–Trinajstić information content (AvgIpc) is 3.04. The van der Waals surface area contributed by atoms with Gasteiger partial charge in [0.2, 0.25) is 0 Å². The van der Waals surface area contributed by atoms with E-state index in [-0.39, 0.29) is 5.56 Å². The molecule has 0 atom stereocenters. The number of hydrogen-bond donors (Lipinski definition) is 1. The predicted octanol–water partition coefficient (Wildman–Crippen LogP) is 3.29. The second kappa shape index (κ2) is 5.82. The van der Waals surface area contributed by atoms with Crippen LogP contribution in [-0.2, 0) is 0 Å². The number of rotatable bonds is 2. The Bertz CT molecular complexity index is 1490. The van der Waals surface area contributed by atoms with Gasteiger partial charge in [0, 0.05) is 10.8 Å². The van der Waals surface area contributed by atoms with Crippen molar-refractivity contribution in [3.8, 4) is 11.4 Å². The van der Waals surface area contributed by atoms with Crippen molar-refractivity contribution in [2.45, 2.75) is 6.92 Å². The summed E-state index contributed by atoms with van der Waals surface area (Å²) in [4.78, 5) is 30.5. The number of aromatic nitrogens is 3. The maximum atomic E-state index is 13.3. The van der Waals surface area contributed by atoms with E-state index in [0.29, 0.717) is 49.9 Å². The zero-order chi connectivity index (χ0) is 19.4. The Labute approximate surface area is 157 Å². The molecule has 0 aliphatic heterocycles. The molecule has 5 aromatic rings. The van der Waals surface area contributed by atoms with Gasteiger partial charge in [0.25, 0.3) is 5.56 Å². The van der Waals surface area contributed by atoms with Crippen molar-refractivity contribution in [3.63, 3.8) is 0 Å². The van der Waals surface area contributed by atoms with Crippen LogP contribution in [0.5, 0.6) is 5.75 Å². The molecule has 3 heterocycles. The molecule has 0 bridgehead atoms. The standard InChI is InChI=1S/C21H15N3O4/c1-11-15-16(13-9-6-10-14(27-2)18(13)28-21(15)26)17-19(22-11)23-24(20(17)25)12-7-4-3-5-8-12/h3-10H,1-2H3,(H,22,23). The molecule has 1 N–H and O–H groups in total. The highest BCUT2D eigenvalue weighted by Gasteiger charge is 2.21. The summed E-state index contributed by atoms with van der Waals surface area (Å²) >= 11 is 0. The molecular formula is C21H15N3O4. The molecule has 138 valence electrons. The topological polar surface area (TPSA) is 90.1 Å². The Balaban J connectivity index is 2.06. The number of hydrogen-bond acceptors (Lipinski definition) is 5. The van der Waals surface area contributed by atoms with Gasteiger partial charge in [-0.05, 0) is 25.1 Å². The second-order valence-electron chi connectivity index (χ2n) is 6.49. The van der Waals surface area contributed by atoms with Crippen LogP contribution in [0.3, 0.4) is 0 Å². The second-order valence-corrected chi connectivity index (χ2v) is 6.49. The Hall–Kier alpha value is -3.87. The van der Waals surface area contributed by atoms with Gasteiger partial charge in [-0.2, -0.15) is 0 Å². The number of pyridine rings is 1. The summed E-state index contributed by atoms with van der Waals surface area (Å²) in [6.45, 7) is 1.73. The lowest BCUT2D eigenvalue weighted by Crippen LogP contribution is -2.14. The van der Waals surface area contributed by atoms with E-state index in [2.05, 4.69) is 10.1 Å². The number of aryl methyl sites for hydroxylation is 1. The molecule has 0 unspecified atom stereocenters. The van der Waals surface area contributed by atoms with Crippen LogP contribution in [0, 0.1) is 6.92 Å². The third-order valence-electron chi connectivity index (χ3n) is 4.89. The van der Waals surface area contributed by atoms with E-state index in [1.807, 2.05) is 30.3 Å². The van der Waals surface area contributed by atoms with E-state index in [0.717, 1.165) is 0 Å². The zero-order valence-corrected chi connectivity index (χ0v) is 15.1. The fourth-order valence-electron chi connectivity index (χ4n) is 3.66. The molecule has 0 saturated carbocycles. The Morgan fingerprint density at radius 2 is 1.79 bits per heavy atom. The van der Waals surface area contributed by atoms with E-state index >= 15 is 0 Å². The molecule has 7 nitrogen and oxygen atoms in total. The molecule has 0 fully saturated rings. The third kappa shape index (κ3) is 2.13. The van der Waals surface area contributed by atoms with Gasteiger partial charge in [-0.25, -0.2) is 14.5 Å². The maximum Gasteiger partial charge on any atom is 0.346 e. The molecule has 3 aromatic heterocycles. The van der Waals surface area contributed by atoms with Crippen LogP contribution >= 0.6 is 0 Å². The van der Waals surface area contributed by atoms with Crippen LogP contribution in [0.15, 0.2) is 62.5 Å². The van der Waals surface area contributed by atoms with Crippen LogP contribution in [0.4, 0.5) is 0 Å². The monoisotopic (exact) mass is 373 g/mol. The fraction of sp³-hybridized carbons (Fsp3) is 0.0952. The minimum atomic E-state index is -0.550. The summed E-state index contributed by atoms with van der Waals surface area (Å²) in [5.74, 6) is 0.429. The molecule has 0 saturated heterocycles. The molecule has 28 heavy (non-hydrogen) atoms. The van der Waals surface area contributed by atoms with Gasteiger partial charge >= 0.3 is 5.63 Å². The lowest BCUT2D eigenvalue weighted by Gasteiger charge is -2.08. The molecule has 0 aliphatic carbocycles. The van der Waals surface area contributed by atoms with Crippen molar-refractivity contribution in [1.29, 1.82) is 0 Å². The first-order valence-corrected chi connectivity index (χ1v) is 8.70. The van der Waals surface area contributed by atoms with Crippen molar-refractivity contribution in [2.75, 3.05) is 7.11 Å². The number of fused-ring (bicyclic) bond motifs is 5.